The van der Waals surface area contributed by atoms with Crippen molar-refractivity contribution in [3.63, 3.8) is 0 Å². The first-order valence-electron chi connectivity index (χ1n) is 8.49. The highest BCUT2D eigenvalue weighted by atomic mass is 35.5. The molecule has 0 unspecified atom stereocenters. The minimum atomic E-state index is 0. The number of benzene rings is 1. The van der Waals surface area contributed by atoms with Gasteiger partial charge in [0.1, 0.15) is 0 Å². The van der Waals surface area contributed by atoms with Crippen molar-refractivity contribution in [2.45, 2.75) is 19.4 Å². The van der Waals surface area contributed by atoms with E-state index in [1.807, 2.05) is 55.3 Å². The Morgan fingerprint density at radius 1 is 1.22 bits per heavy atom. The van der Waals surface area contributed by atoms with Crippen LogP contribution in [-0.2, 0) is 7.05 Å². The monoisotopic (exact) mass is 407 g/mol. The smallest absolute Gasteiger partial charge is 0.254 e. The number of rotatable bonds is 2. The van der Waals surface area contributed by atoms with E-state index in [0.29, 0.717) is 18.7 Å². The maximum Gasteiger partial charge on any atom is 0.254 e. The first-order chi connectivity index (χ1) is 12.0. The van der Waals surface area contributed by atoms with Gasteiger partial charge in [-0.25, -0.2) is 4.98 Å². The summed E-state index contributed by atoms with van der Waals surface area (Å²) in [6, 6.07) is 11.8. The predicted octanol–water partition coefficient (Wildman–Crippen LogP) is 2.96. The molecule has 1 saturated heterocycles. The maximum absolute atomic E-state index is 13.2. The molecular weight excluding hydrogens is 385 g/mol. The number of nitrogens with zero attached hydrogens (tertiary/aromatic N) is 4. The Balaban J connectivity index is 0.00000131. The number of carbonyl (C=O) groups excluding carboxylic acids is 1. The number of likely N-dealkylation sites (tertiary alicyclic amines) is 1. The van der Waals surface area contributed by atoms with Crippen molar-refractivity contribution in [3.05, 3.63) is 47.7 Å². The number of hydrogen-bond acceptors (Lipinski definition) is 4. The van der Waals surface area contributed by atoms with Gasteiger partial charge in [0.25, 0.3) is 5.91 Å². The van der Waals surface area contributed by atoms with E-state index in [4.69, 9.17) is 10.7 Å². The Labute approximate surface area is 170 Å². The third kappa shape index (κ3) is 3.78. The van der Waals surface area contributed by atoms with Crippen molar-refractivity contribution in [3.8, 4) is 11.3 Å². The van der Waals surface area contributed by atoms with E-state index in [9.17, 15) is 4.79 Å². The predicted molar refractivity (Wildman–Crippen MR) is 112 cm³/mol. The van der Waals surface area contributed by atoms with Crippen LogP contribution in [0.4, 0.5) is 0 Å². The van der Waals surface area contributed by atoms with Crippen LogP contribution in [0.3, 0.4) is 0 Å². The standard InChI is InChI=1S/C19H21N5O.2ClH/c1-12-17-15(19(25)24-9-8-14(20)11-24)10-16(13-6-4-3-5-7-13)21-18(17)23(2)22-12;;/h3-7,10,14H,8-9,11,20H2,1-2H3;2*1H/t14-;;/m1../s1. The van der Waals surface area contributed by atoms with Crippen LogP contribution in [0.15, 0.2) is 36.4 Å². The number of aromatic nitrogens is 3. The molecule has 8 heteroatoms. The highest BCUT2D eigenvalue weighted by Gasteiger charge is 2.28. The molecule has 1 aliphatic rings. The molecule has 3 aromatic rings. The van der Waals surface area contributed by atoms with Gasteiger partial charge in [0.05, 0.1) is 22.3 Å². The van der Waals surface area contributed by atoms with Crippen LogP contribution in [0.25, 0.3) is 22.3 Å². The fourth-order valence-electron chi connectivity index (χ4n) is 3.51. The van der Waals surface area contributed by atoms with Gasteiger partial charge in [0.15, 0.2) is 5.65 Å². The molecular formula is C19H23Cl2N5O. The molecule has 1 aromatic carbocycles. The van der Waals surface area contributed by atoms with Crippen LogP contribution in [0.5, 0.6) is 0 Å². The molecule has 0 aliphatic carbocycles. The third-order valence-corrected chi connectivity index (χ3v) is 4.78. The van der Waals surface area contributed by atoms with Crippen molar-refractivity contribution < 1.29 is 4.79 Å². The van der Waals surface area contributed by atoms with Crippen LogP contribution in [0, 0.1) is 6.92 Å². The number of carbonyl (C=O) groups is 1. The molecule has 0 saturated carbocycles. The van der Waals surface area contributed by atoms with Gasteiger partial charge in [-0.05, 0) is 19.4 Å². The van der Waals surface area contributed by atoms with Gasteiger partial charge < -0.3 is 10.6 Å². The van der Waals surface area contributed by atoms with Crippen LogP contribution in [-0.4, -0.2) is 44.7 Å². The highest BCUT2D eigenvalue weighted by molar-refractivity contribution is 6.07. The molecule has 4 rings (SSSR count). The lowest BCUT2D eigenvalue weighted by Gasteiger charge is -2.17. The van der Waals surface area contributed by atoms with Gasteiger partial charge in [-0.15, -0.1) is 24.8 Å². The fourth-order valence-corrected chi connectivity index (χ4v) is 3.51. The SMILES string of the molecule is Cc1nn(C)c2nc(-c3ccccc3)cc(C(=O)N3CC[C@@H](N)C3)c12.Cl.Cl. The van der Waals surface area contributed by atoms with E-state index < -0.39 is 0 Å². The van der Waals surface area contributed by atoms with Crippen molar-refractivity contribution >= 4 is 41.8 Å². The second-order valence-corrected chi connectivity index (χ2v) is 6.63. The maximum atomic E-state index is 13.2. The van der Waals surface area contributed by atoms with Gasteiger partial charge in [-0.2, -0.15) is 5.10 Å². The van der Waals surface area contributed by atoms with Crippen molar-refractivity contribution in [1.29, 1.82) is 0 Å². The lowest BCUT2D eigenvalue weighted by atomic mass is 10.0. The number of aryl methyl sites for hydroxylation is 2. The van der Waals surface area contributed by atoms with Crippen LogP contribution in [0.1, 0.15) is 22.5 Å². The molecule has 1 aliphatic heterocycles. The lowest BCUT2D eigenvalue weighted by molar-refractivity contribution is 0.0792. The Hall–Kier alpha value is -2.15. The lowest BCUT2D eigenvalue weighted by Crippen LogP contribution is -2.32. The highest BCUT2D eigenvalue weighted by Crippen LogP contribution is 2.28. The fraction of sp³-hybridized carbons (Fsp3) is 0.316. The van der Waals surface area contributed by atoms with E-state index in [1.54, 1.807) is 4.68 Å². The summed E-state index contributed by atoms with van der Waals surface area (Å²) in [7, 11) is 1.86. The first-order valence-corrected chi connectivity index (χ1v) is 8.49. The van der Waals surface area contributed by atoms with Crippen LogP contribution < -0.4 is 5.73 Å². The molecule has 1 fully saturated rings. The molecule has 0 spiro atoms. The zero-order valence-electron chi connectivity index (χ0n) is 15.3. The summed E-state index contributed by atoms with van der Waals surface area (Å²) in [5.41, 5.74) is 9.95. The minimum Gasteiger partial charge on any atom is -0.337 e. The Kier molecular flexibility index (Phi) is 6.46. The zero-order valence-corrected chi connectivity index (χ0v) is 16.9. The van der Waals surface area contributed by atoms with E-state index >= 15 is 0 Å². The molecule has 2 N–H and O–H groups in total. The topological polar surface area (TPSA) is 77.0 Å². The summed E-state index contributed by atoms with van der Waals surface area (Å²) >= 11 is 0. The molecule has 2 aromatic heterocycles. The minimum absolute atomic E-state index is 0. The Bertz CT molecular complexity index is 958. The second kappa shape index (κ2) is 8.25. The number of pyridine rings is 1. The van der Waals surface area contributed by atoms with Crippen molar-refractivity contribution in [2.24, 2.45) is 12.8 Å². The second-order valence-electron chi connectivity index (χ2n) is 6.63. The van der Waals surface area contributed by atoms with Crippen LogP contribution in [0.2, 0.25) is 0 Å². The Morgan fingerprint density at radius 2 is 1.93 bits per heavy atom. The van der Waals surface area contributed by atoms with Gasteiger partial charge in [0, 0.05) is 31.7 Å². The van der Waals surface area contributed by atoms with Gasteiger partial charge in [0.2, 0.25) is 0 Å². The number of nitrogens with two attached hydrogens (primary N) is 1. The van der Waals surface area contributed by atoms with E-state index in [-0.39, 0.29) is 36.8 Å². The van der Waals surface area contributed by atoms with Gasteiger partial charge in [-0.3, -0.25) is 9.48 Å². The molecule has 1 atom stereocenters. The molecule has 144 valence electrons. The summed E-state index contributed by atoms with van der Waals surface area (Å²) in [4.78, 5) is 19.7. The summed E-state index contributed by atoms with van der Waals surface area (Å²) < 4.78 is 1.74. The van der Waals surface area contributed by atoms with E-state index in [1.165, 1.54) is 0 Å². The van der Waals surface area contributed by atoms with E-state index in [0.717, 1.165) is 34.4 Å². The molecule has 0 radical (unpaired) electrons. The zero-order chi connectivity index (χ0) is 17.6. The number of halogens is 2. The Morgan fingerprint density at radius 3 is 2.56 bits per heavy atom. The molecule has 27 heavy (non-hydrogen) atoms. The quantitative estimate of drug-likeness (QED) is 0.708. The van der Waals surface area contributed by atoms with Gasteiger partial charge in [-0.1, -0.05) is 30.3 Å². The summed E-state index contributed by atoms with van der Waals surface area (Å²) in [5.74, 6) is 0.00799. The average molecular weight is 408 g/mol. The van der Waals surface area contributed by atoms with Crippen molar-refractivity contribution in [2.75, 3.05) is 13.1 Å². The number of amides is 1. The van der Waals surface area contributed by atoms with E-state index in [2.05, 4.69) is 5.10 Å². The first kappa shape index (κ1) is 21.2. The molecule has 3 heterocycles. The molecule has 1 amide bonds. The summed E-state index contributed by atoms with van der Waals surface area (Å²) in [5, 5.41) is 5.29. The van der Waals surface area contributed by atoms with Crippen LogP contribution >= 0.6 is 24.8 Å². The summed E-state index contributed by atoms with van der Waals surface area (Å²) in [6.45, 7) is 3.21. The molecule has 6 nitrogen and oxygen atoms in total. The third-order valence-electron chi connectivity index (χ3n) is 4.78. The normalized spacial score (nSPS) is 16.1. The van der Waals surface area contributed by atoms with Gasteiger partial charge >= 0.3 is 0 Å². The largest absolute Gasteiger partial charge is 0.337 e. The average Bonchev–Trinajstić information content (AvgIpc) is 3.18. The van der Waals surface area contributed by atoms with Crippen molar-refractivity contribution in [1.82, 2.24) is 19.7 Å². The molecule has 0 bridgehead atoms. The number of hydrogen-bond donors (Lipinski definition) is 1. The number of fused-ring (bicyclic) bond motifs is 1. The summed E-state index contributed by atoms with van der Waals surface area (Å²) in [6.07, 6.45) is 0.845.